The lowest BCUT2D eigenvalue weighted by atomic mass is 10.2. The Hall–Kier alpha value is -2.63. The van der Waals surface area contributed by atoms with Gasteiger partial charge < -0.3 is 15.8 Å². The predicted octanol–water partition coefficient (Wildman–Crippen LogP) is 2.95. The Kier molecular flexibility index (Phi) is 4.71. The second-order valence-corrected chi connectivity index (χ2v) is 4.31. The fourth-order valence-corrected chi connectivity index (χ4v) is 1.66. The van der Waals surface area contributed by atoms with E-state index in [0.29, 0.717) is 5.69 Å². The zero-order valence-corrected chi connectivity index (χ0v) is 11.1. The van der Waals surface area contributed by atoms with Crippen LogP contribution in [0.3, 0.4) is 0 Å². The quantitative estimate of drug-likeness (QED) is 0.833. The highest BCUT2D eigenvalue weighted by molar-refractivity contribution is 5.91. The number of benzene rings is 2. The lowest BCUT2D eigenvalue weighted by Gasteiger charge is -2.08. The summed E-state index contributed by atoms with van der Waals surface area (Å²) in [6.45, 7) is 0.0312. The number of nitrogens with one attached hydrogen (secondary N) is 1. The first-order chi connectivity index (χ1) is 10.1. The maximum Gasteiger partial charge on any atom is 0.227 e. The van der Waals surface area contributed by atoms with Crippen molar-refractivity contribution in [3.8, 4) is 5.75 Å². The van der Waals surface area contributed by atoms with Gasteiger partial charge in [0.25, 0.3) is 0 Å². The summed E-state index contributed by atoms with van der Waals surface area (Å²) < 4.78 is 31.4. The van der Waals surface area contributed by atoms with E-state index in [4.69, 9.17) is 10.5 Å². The Morgan fingerprint density at radius 1 is 1.14 bits per heavy atom. The summed E-state index contributed by atoms with van der Waals surface area (Å²) in [5.74, 6) is -1.27. The van der Waals surface area contributed by atoms with Gasteiger partial charge in [-0.05, 0) is 30.3 Å². The number of rotatable bonds is 5. The van der Waals surface area contributed by atoms with Gasteiger partial charge in [0, 0.05) is 5.69 Å². The molecule has 0 saturated carbocycles. The fraction of sp³-hybridized carbons (Fsp3) is 0.133. The molecular formula is C15H14F2N2O2. The van der Waals surface area contributed by atoms with Gasteiger partial charge >= 0.3 is 0 Å². The Morgan fingerprint density at radius 2 is 1.90 bits per heavy atom. The smallest absolute Gasteiger partial charge is 0.227 e. The third-order valence-electron chi connectivity index (χ3n) is 2.70. The molecule has 110 valence electrons. The number of ether oxygens (including phenoxy) is 1. The van der Waals surface area contributed by atoms with Gasteiger partial charge in [0.1, 0.15) is 5.82 Å². The van der Waals surface area contributed by atoms with E-state index >= 15 is 0 Å². The largest absolute Gasteiger partial charge is 0.490 e. The highest BCUT2D eigenvalue weighted by atomic mass is 19.1. The fourth-order valence-electron chi connectivity index (χ4n) is 1.66. The first kappa shape index (κ1) is 14.8. The molecule has 0 spiro atoms. The maximum absolute atomic E-state index is 13.3. The number of halogens is 2. The van der Waals surface area contributed by atoms with Crippen LogP contribution in [0.25, 0.3) is 0 Å². The summed E-state index contributed by atoms with van der Waals surface area (Å²) in [7, 11) is 0. The normalized spacial score (nSPS) is 10.2. The van der Waals surface area contributed by atoms with Gasteiger partial charge in [0.2, 0.25) is 5.91 Å². The molecule has 0 bridgehead atoms. The van der Waals surface area contributed by atoms with E-state index < -0.39 is 11.6 Å². The van der Waals surface area contributed by atoms with Gasteiger partial charge in [-0.1, -0.05) is 12.1 Å². The van der Waals surface area contributed by atoms with Crippen LogP contribution in [0.15, 0.2) is 42.5 Å². The van der Waals surface area contributed by atoms with Gasteiger partial charge in [-0.2, -0.15) is 0 Å². The number of carbonyl (C=O) groups excluding carboxylic acids is 1. The molecule has 0 radical (unpaired) electrons. The van der Waals surface area contributed by atoms with Gasteiger partial charge in [0.05, 0.1) is 18.7 Å². The predicted molar refractivity (Wildman–Crippen MR) is 76.0 cm³/mol. The Morgan fingerprint density at radius 3 is 2.62 bits per heavy atom. The van der Waals surface area contributed by atoms with Crippen molar-refractivity contribution in [2.75, 3.05) is 17.7 Å². The molecular weight excluding hydrogens is 278 g/mol. The second-order valence-electron chi connectivity index (χ2n) is 4.31. The molecule has 0 aliphatic carbocycles. The van der Waals surface area contributed by atoms with Crippen LogP contribution < -0.4 is 15.8 Å². The zero-order chi connectivity index (χ0) is 15.2. The van der Waals surface area contributed by atoms with Crippen molar-refractivity contribution in [3.05, 3.63) is 54.1 Å². The molecule has 0 unspecified atom stereocenters. The van der Waals surface area contributed by atoms with Crippen LogP contribution in [0.2, 0.25) is 0 Å². The number of nitrogens with two attached hydrogens (primary N) is 1. The van der Waals surface area contributed by atoms with Gasteiger partial charge in [0.15, 0.2) is 11.6 Å². The average Bonchev–Trinajstić information content (AvgIpc) is 2.45. The first-order valence-electron chi connectivity index (χ1n) is 6.28. The topological polar surface area (TPSA) is 64.3 Å². The van der Waals surface area contributed by atoms with Gasteiger partial charge in [-0.25, -0.2) is 8.78 Å². The van der Waals surface area contributed by atoms with Crippen LogP contribution in [-0.4, -0.2) is 12.5 Å². The lowest BCUT2D eigenvalue weighted by Crippen LogP contribution is -2.15. The molecule has 1 amide bonds. The van der Waals surface area contributed by atoms with Crippen molar-refractivity contribution in [3.63, 3.8) is 0 Å². The van der Waals surface area contributed by atoms with Gasteiger partial charge in [-0.3, -0.25) is 4.79 Å². The Balaban J connectivity index is 1.82. The zero-order valence-electron chi connectivity index (χ0n) is 11.1. The average molecular weight is 292 g/mol. The SMILES string of the molecule is Nc1cc(NC(=O)CCOc2ccccc2F)ccc1F. The summed E-state index contributed by atoms with van der Waals surface area (Å²) in [5, 5.41) is 2.55. The second kappa shape index (κ2) is 6.69. The molecule has 0 fully saturated rings. The van der Waals surface area contributed by atoms with Crippen molar-refractivity contribution in [2.45, 2.75) is 6.42 Å². The molecule has 0 saturated heterocycles. The summed E-state index contributed by atoms with van der Waals surface area (Å²) in [6.07, 6.45) is 0.0333. The van der Waals surface area contributed by atoms with Crippen molar-refractivity contribution < 1.29 is 18.3 Å². The van der Waals surface area contributed by atoms with Crippen LogP contribution >= 0.6 is 0 Å². The van der Waals surface area contributed by atoms with E-state index in [1.165, 1.54) is 30.3 Å². The third-order valence-corrected chi connectivity index (χ3v) is 2.70. The van der Waals surface area contributed by atoms with Crippen molar-refractivity contribution in [1.29, 1.82) is 0 Å². The van der Waals surface area contributed by atoms with Crippen molar-refractivity contribution >= 4 is 17.3 Å². The van der Waals surface area contributed by atoms with E-state index in [-0.39, 0.29) is 30.4 Å². The van der Waals surface area contributed by atoms with Crippen LogP contribution in [0.5, 0.6) is 5.75 Å². The van der Waals surface area contributed by atoms with E-state index in [1.54, 1.807) is 12.1 Å². The number of nitrogen functional groups attached to an aromatic ring is 1. The summed E-state index contributed by atoms with van der Waals surface area (Å²) in [6, 6.07) is 9.84. The molecule has 0 heterocycles. The molecule has 0 aliphatic rings. The molecule has 2 rings (SSSR count). The Labute approximate surface area is 120 Å². The van der Waals surface area contributed by atoms with E-state index in [1.807, 2.05) is 0 Å². The lowest BCUT2D eigenvalue weighted by molar-refractivity contribution is -0.116. The summed E-state index contributed by atoms with van der Waals surface area (Å²) in [4.78, 5) is 11.7. The van der Waals surface area contributed by atoms with Crippen molar-refractivity contribution in [2.24, 2.45) is 0 Å². The van der Waals surface area contributed by atoms with Gasteiger partial charge in [-0.15, -0.1) is 0 Å². The Bertz CT molecular complexity index is 647. The minimum atomic E-state index is -0.545. The van der Waals surface area contributed by atoms with E-state index in [9.17, 15) is 13.6 Å². The number of hydrogen-bond donors (Lipinski definition) is 2. The van der Waals surface area contributed by atoms with Crippen LogP contribution in [-0.2, 0) is 4.79 Å². The minimum absolute atomic E-state index is 0.0312. The maximum atomic E-state index is 13.3. The number of para-hydroxylation sites is 1. The highest BCUT2D eigenvalue weighted by Gasteiger charge is 2.06. The third kappa shape index (κ3) is 4.17. The monoisotopic (exact) mass is 292 g/mol. The van der Waals surface area contributed by atoms with Crippen LogP contribution in [0.1, 0.15) is 6.42 Å². The minimum Gasteiger partial charge on any atom is -0.490 e. The summed E-state index contributed by atoms with van der Waals surface area (Å²) >= 11 is 0. The number of carbonyl (C=O) groups is 1. The standard InChI is InChI=1S/C15H14F2N2O2/c16-11-6-5-10(9-13(11)18)19-15(20)7-8-21-14-4-2-1-3-12(14)17/h1-6,9H,7-8,18H2,(H,19,20). The molecule has 3 N–H and O–H groups in total. The molecule has 0 atom stereocenters. The van der Waals surface area contributed by atoms with E-state index in [2.05, 4.69) is 5.32 Å². The molecule has 6 heteroatoms. The molecule has 0 aliphatic heterocycles. The van der Waals surface area contributed by atoms with Crippen molar-refractivity contribution in [1.82, 2.24) is 0 Å². The number of hydrogen-bond acceptors (Lipinski definition) is 3. The van der Waals surface area contributed by atoms with Crippen LogP contribution in [0.4, 0.5) is 20.2 Å². The molecule has 2 aromatic carbocycles. The summed E-state index contributed by atoms with van der Waals surface area (Å²) in [5.41, 5.74) is 5.74. The van der Waals surface area contributed by atoms with Crippen LogP contribution in [0, 0.1) is 11.6 Å². The highest BCUT2D eigenvalue weighted by Crippen LogP contribution is 2.17. The van der Waals surface area contributed by atoms with E-state index in [0.717, 1.165) is 0 Å². The molecule has 0 aromatic heterocycles. The molecule has 4 nitrogen and oxygen atoms in total. The molecule has 21 heavy (non-hydrogen) atoms. The number of anilines is 2. The molecule has 2 aromatic rings. The number of amides is 1. The first-order valence-corrected chi connectivity index (χ1v) is 6.28.